The molecule has 5 rings (SSSR count). The molecule has 3 aromatic heterocycles. The van der Waals surface area contributed by atoms with Crippen molar-refractivity contribution in [3.8, 4) is 28.3 Å². The van der Waals surface area contributed by atoms with E-state index in [0.29, 0.717) is 22.3 Å². The first-order chi connectivity index (χ1) is 16.0. The Morgan fingerprint density at radius 2 is 1.82 bits per heavy atom. The van der Waals surface area contributed by atoms with Crippen LogP contribution in [0.15, 0.2) is 89.2 Å². The number of fused-ring (bicyclic) bond motifs is 1. The van der Waals surface area contributed by atoms with E-state index < -0.39 is 15.7 Å². The van der Waals surface area contributed by atoms with Gasteiger partial charge in [0, 0.05) is 18.0 Å². The van der Waals surface area contributed by atoms with Gasteiger partial charge < -0.3 is 4.74 Å². The average molecular weight is 461 g/mol. The molecule has 0 aliphatic rings. The van der Waals surface area contributed by atoms with Gasteiger partial charge in [-0.15, -0.1) is 5.10 Å². The van der Waals surface area contributed by atoms with Crippen molar-refractivity contribution in [3.63, 3.8) is 0 Å². The van der Waals surface area contributed by atoms with Crippen molar-refractivity contribution < 1.29 is 17.5 Å². The summed E-state index contributed by atoms with van der Waals surface area (Å²) in [4.78, 5) is 4.22. The van der Waals surface area contributed by atoms with Crippen LogP contribution in [0.5, 0.6) is 5.75 Å². The van der Waals surface area contributed by atoms with Crippen LogP contribution in [-0.2, 0) is 9.84 Å². The lowest BCUT2D eigenvalue weighted by Crippen LogP contribution is -2.06. The molecule has 3 heterocycles. The molecule has 0 bridgehead atoms. The first kappa shape index (κ1) is 20.7. The van der Waals surface area contributed by atoms with Crippen LogP contribution in [0, 0.1) is 5.82 Å². The molecule has 0 unspecified atom stereocenters. The number of halogens is 1. The highest BCUT2D eigenvalue weighted by Gasteiger charge is 2.28. The van der Waals surface area contributed by atoms with Crippen molar-refractivity contribution in [2.45, 2.75) is 9.79 Å². The number of hydrogen-bond donors (Lipinski definition) is 0. The number of methoxy groups -OCH3 is 1. The predicted molar refractivity (Wildman–Crippen MR) is 118 cm³/mol. The number of rotatable bonds is 5. The van der Waals surface area contributed by atoms with Crippen LogP contribution in [0.3, 0.4) is 0 Å². The normalized spacial score (nSPS) is 11.6. The summed E-state index contributed by atoms with van der Waals surface area (Å²) in [5.74, 6) is -0.495. The first-order valence-electron chi connectivity index (χ1n) is 9.79. The average Bonchev–Trinajstić information content (AvgIpc) is 3.24. The smallest absolute Gasteiger partial charge is 0.208 e. The lowest BCUT2D eigenvalue weighted by atomic mass is 10.0. The zero-order valence-electron chi connectivity index (χ0n) is 17.3. The Morgan fingerprint density at radius 1 is 1.00 bits per heavy atom. The zero-order valence-corrected chi connectivity index (χ0v) is 18.1. The van der Waals surface area contributed by atoms with E-state index in [4.69, 9.17) is 4.74 Å². The molecule has 0 saturated carbocycles. The number of sulfone groups is 1. The third-order valence-corrected chi connectivity index (χ3v) is 6.93. The molecule has 0 saturated heterocycles. The first-order valence-corrected chi connectivity index (χ1v) is 11.3. The molecule has 164 valence electrons. The van der Waals surface area contributed by atoms with Gasteiger partial charge in [0.05, 0.1) is 35.5 Å². The highest BCUT2D eigenvalue weighted by Crippen LogP contribution is 2.38. The molecular formula is C23H16FN5O3S. The molecular weight excluding hydrogens is 445 g/mol. The van der Waals surface area contributed by atoms with Gasteiger partial charge >= 0.3 is 0 Å². The van der Waals surface area contributed by atoms with Gasteiger partial charge in [0.15, 0.2) is 11.6 Å². The minimum Gasteiger partial charge on any atom is -0.494 e. The van der Waals surface area contributed by atoms with E-state index in [2.05, 4.69) is 20.3 Å². The van der Waals surface area contributed by atoms with Gasteiger partial charge in [-0.25, -0.2) is 17.3 Å². The fraction of sp³-hybridized carbons (Fsp3) is 0.0435. The predicted octanol–water partition coefficient (Wildman–Crippen LogP) is 3.83. The molecule has 5 aromatic rings. The monoisotopic (exact) mass is 461 g/mol. The molecule has 33 heavy (non-hydrogen) atoms. The van der Waals surface area contributed by atoms with Gasteiger partial charge in [0.1, 0.15) is 16.3 Å². The third-order valence-electron chi connectivity index (χ3n) is 5.13. The van der Waals surface area contributed by atoms with Gasteiger partial charge in [-0.05, 0) is 36.4 Å². The van der Waals surface area contributed by atoms with Crippen LogP contribution in [-0.4, -0.2) is 40.3 Å². The van der Waals surface area contributed by atoms with E-state index >= 15 is 0 Å². The van der Waals surface area contributed by atoms with E-state index in [0.717, 1.165) is 0 Å². The quantitative estimate of drug-likeness (QED) is 0.392. The molecule has 0 fully saturated rings. The molecule has 10 heteroatoms. The molecule has 0 amide bonds. The summed E-state index contributed by atoms with van der Waals surface area (Å²) in [7, 11) is -2.56. The van der Waals surface area contributed by atoms with E-state index in [-0.39, 0.29) is 21.2 Å². The summed E-state index contributed by atoms with van der Waals surface area (Å²) in [6.45, 7) is 0. The fourth-order valence-electron chi connectivity index (χ4n) is 3.59. The van der Waals surface area contributed by atoms with E-state index in [1.807, 2.05) is 0 Å². The van der Waals surface area contributed by atoms with Crippen molar-refractivity contribution in [3.05, 3.63) is 85.2 Å². The number of benzene rings is 2. The Morgan fingerprint density at radius 3 is 2.58 bits per heavy atom. The Bertz CT molecular complexity index is 1590. The Balaban J connectivity index is 1.81. The SMILES string of the molecule is COc1ccc(-c2nn3ccncc3c2-c2nnccc2S(=O)(=O)c2ccccc2)cc1F. The van der Waals surface area contributed by atoms with Crippen LogP contribution in [0.25, 0.3) is 28.0 Å². The van der Waals surface area contributed by atoms with E-state index in [1.165, 1.54) is 48.2 Å². The third kappa shape index (κ3) is 3.50. The summed E-state index contributed by atoms with van der Waals surface area (Å²) < 4.78 is 48.0. The van der Waals surface area contributed by atoms with Crippen LogP contribution in [0.1, 0.15) is 0 Å². The minimum atomic E-state index is -3.94. The van der Waals surface area contributed by atoms with Crippen molar-refractivity contribution >= 4 is 15.4 Å². The second kappa shape index (κ2) is 8.06. The van der Waals surface area contributed by atoms with Crippen LogP contribution in [0.4, 0.5) is 4.39 Å². The molecule has 0 aliphatic carbocycles. The van der Waals surface area contributed by atoms with Gasteiger partial charge in [-0.1, -0.05) is 18.2 Å². The van der Waals surface area contributed by atoms with Gasteiger partial charge in [0.25, 0.3) is 0 Å². The maximum Gasteiger partial charge on any atom is 0.208 e. The second-order valence-electron chi connectivity index (χ2n) is 7.04. The minimum absolute atomic E-state index is 0.0438. The topological polar surface area (TPSA) is 99.3 Å². The lowest BCUT2D eigenvalue weighted by Gasteiger charge is -2.10. The maximum absolute atomic E-state index is 14.5. The summed E-state index contributed by atoms with van der Waals surface area (Å²) in [5.41, 5.74) is 1.70. The highest BCUT2D eigenvalue weighted by molar-refractivity contribution is 7.91. The van der Waals surface area contributed by atoms with Gasteiger partial charge in [-0.3, -0.25) is 4.98 Å². The number of nitrogens with zero attached hydrogens (tertiary/aromatic N) is 5. The number of aromatic nitrogens is 5. The Kier molecular flexibility index (Phi) is 5.06. The van der Waals surface area contributed by atoms with Gasteiger partial charge in [0.2, 0.25) is 9.84 Å². The molecule has 0 N–H and O–H groups in total. The van der Waals surface area contributed by atoms with Crippen molar-refractivity contribution in [1.82, 2.24) is 24.8 Å². The number of ether oxygens (including phenoxy) is 1. The van der Waals surface area contributed by atoms with Gasteiger partial charge in [-0.2, -0.15) is 10.2 Å². The molecule has 0 radical (unpaired) electrons. The van der Waals surface area contributed by atoms with E-state index in [1.54, 1.807) is 42.9 Å². The van der Waals surface area contributed by atoms with Crippen LogP contribution >= 0.6 is 0 Å². The standard InChI is InChI=1S/C23H16FN5O3S/c1-32-19-8-7-15(13-17(19)24)22-21(18-14-25-11-12-29(18)28-22)23-20(9-10-26-27-23)33(30,31)16-5-3-2-4-6-16/h2-14H,1H3. The second-order valence-corrected chi connectivity index (χ2v) is 8.96. The molecule has 0 aliphatic heterocycles. The summed E-state index contributed by atoms with van der Waals surface area (Å²) in [6.07, 6.45) is 6.01. The Labute approximate surface area is 188 Å². The summed E-state index contributed by atoms with van der Waals surface area (Å²) >= 11 is 0. The molecule has 0 atom stereocenters. The molecule has 2 aromatic carbocycles. The molecule has 0 spiro atoms. The summed E-state index contributed by atoms with van der Waals surface area (Å²) in [6, 6.07) is 13.8. The lowest BCUT2D eigenvalue weighted by molar-refractivity contribution is 0.386. The highest BCUT2D eigenvalue weighted by atomic mass is 32.2. The Hall–Kier alpha value is -4.18. The maximum atomic E-state index is 14.5. The fourth-order valence-corrected chi connectivity index (χ4v) is 4.99. The molecule has 8 nitrogen and oxygen atoms in total. The van der Waals surface area contributed by atoms with Crippen molar-refractivity contribution in [1.29, 1.82) is 0 Å². The van der Waals surface area contributed by atoms with Crippen LogP contribution < -0.4 is 4.74 Å². The summed E-state index contributed by atoms with van der Waals surface area (Å²) in [5, 5.41) is 12.7. The largest absolute Gasteiger partial charge is 0.494 e. The van der Waals surface area contributed by atoms with E-state index in [9.17, 15) is 12.8 Å². The zero-order chi connectivity index (χ0) is 23.0. The van der Waals surface area contributed by atoms with Crippen LogP contribution in [0.2, 0.25) is 0 Å². The van der Waals surface area contributed by atoms with Crippen molar-refractivity contribution in [2.75, 3.05) is 7.11 Å². The number of hydrogen-bond acceptors (Lipinski definition) is 7. The van der Waals surface area contributed by atoms with Crippen molar-refractivity contribution in [2.24, 2.45) is 0 Å².